The van der Waals surface area contributed by atoms with Crippen LogP contribution in [0.3, 0.4) is 0 Å². The summed E-state index contributed by atoms with van der Waals surface area (Å²) < 4.78 is 40.4. The predicted octanol–water partition coefficient (Wildman–Crippen LogP) is 4.22. The second kappa shape index (κ2) is 3.44. The minimum Gasteiger partial charge on any atom is -0.419 e. The van der Waals surface area contributed by atoms with Crippen molar-refractivity contribution in [2.45, 2.75) is 5.60 Å². The highest BCUT2D eigenvalue weighted by atomic mass is 31.1. The summed E-state index contributed by atoms with van der Waals surface area (Å²) in [6.07, 6.45) is 0. The summed E-state index contributed by atoms with van der Waals surface area (Å²) in [5.74, 6) is 0.111. The molecule has 3 atom stereocenters. The normalized spacial score (nSPS) is 23.6. The van der Waals surface area contributed by atoms with E-state index in [1.54, 1.807) is 24.3 Å². The van der Waals surface area contributed by atoms with Gasteiger partial charge in [0.1, 0.15) is 5.75 Å². The number of fused-ring (bicyclic) bond motifs is 4. The van der Waals surface area contributed by atoms with Gasteiger partial charge < -0.3 is 26.0 Å². The Morgan fingerprint density at radius 2 is 1.62 bits per heavy atom. The molecule has 0 amide bonds. The molecule has 0 radical (unpaired) electrons. The standard InChI is InChI=1S/C14H4O8P2/c15-13-14-5-3-1-2-4-6(5)17-23-19-10-8(16-13)7(14)9-11(12(10)20-23)21-24(18-9)22-14/h1-4H. The molecule has 118 valence electrons. The smallest absolute Gasteiger partial charge is 0.419 e. The molecule has 7 rings (SSSR count). The summed E-state index contributed by atoms with van der Waals surface area (Å²) in [4.78, 5) is 12.9. The molecule has 3 aliphatic heterocycles. The van der Waals surface area contributed by atoms with Crippen molar-refractivity contribution in [1.82, 2.24) is 0 Å². The van der Waals surface area contributed by atoms with Crippen LogP contribution in [0, 0.1) is 0 Å². The lowest BCUT2D eigenvalue weighted by Crippen LogP contribution is -2.41. The van der Waals surface area contributed by atoms with E-state index in [1.165, 1.54) is 0 Å². The van der Waals surface area contributed by atoms with Gasteiger partial charge in [-0.1, -0.05) is 18.2 Å². The van der Waals surface area contributed by atoms with Crippen LogP contribution in [-0.4, -0.2) is 5.97 Å². The zero-order valence-electron chi connectivity index (χ0n) is 11.5. The first-order chi connectivity index (χ1) is 11.8. The molecule has 3 unspecified atom stereocenters. The van der Waals surface area contributed by atoms with Crippen molar-refractivity contribution in [3.63, 3.8) is 0 Å². The van der Waals surface area contributed by atoms with Gasteiger partial charge in [0.25, 0.3) is 0 Å². The largest absolute Gasteiger partial charge is 0.453 e. The molecule has 2 aromatic carbocycles. The molecule has 0 saturated heterocycles. The fourth-order valence-electron chi connectivity index (χ4n) is 3.47. The Balaban J connectivity index is 1.86. The first kappa shape index (κ1) is 11.9. The van der Waals surface area contributed by atoms with Gasteiger partial charge in [-0.3, -0.25) is 0 Å². The van der Waals surface area contributed by atoms with E-state index in [4.69, 9.17) is 30.6 Å². The van der Waals surface area contributed by atoms with Crippen LogP contribution >= 0.6 is 16.5 Å². The topological polar surface area (TPSA) is 97.3 Å². The van der Waals surface area contributed by atoms with Gasteiger partial charge in [-0.05, 0) is 6.07 Å². The average molecular weight is 362 g/mol. The molecule has 24 heavy (non-hydrogen) atoms. The molecule has 0 saturated carbocycles. The van der Waals surface area contributed by atoms with E-state index in [1.807, 2.05) is 0 Å². The van der Waals surface area contributed by atoms with Crippen molar-refractivity contribution in [2.24, 2.45) is 0 Å². The lowest BCUT2D eigenvalue weighted by atomic mass is 9.86. The summed E-state index contributed by atoms with van der Waals surface area (Å²) in [7, 11) is -3.52. The number of para-hydroxylation sites is 1. The number of benzene rings is 2. The number of rotatable bonds is 0. The molecule has 8 nitrogen and oxygen atoms in total. The zero-order valence-corrected chi connectivity index (χ0v) is 13.3. The van der Waals surface area contributed by atoms with Gasteiger partial charge in [-0.15, -0.1) is 0 Å². The lowest BCUT2D eigenvalue weighted by Gasteiger charge is -2.26. The Morgan fingerprint density at radius 3 is 2.58 bits per heavy atom. The van der Waals surface area contributed by atoms with Gasteiger partial charge in [0.05, 0.1) is 5.56 Å². The van der Waals surface area contributed by atoms with E-state index in [0.717, 1.165) is 0 Å². The minimum atomic E-state index is -1.79. The number of carbonyl (C=O) groups is 1. The van der Waals surface area contributed by atoms with E-state index in [2.05, 4.69) is 0 Å². The van der Waals surface area contributed by atoms with E-state index in [9.17, 15) is 4.79 Å². The quantitative estimate of drug-likeness (QED) is 0.339. The Labute approximate surface area is 133 Å². The van der Waals surface area contributed by atoms with Crippen LogP contribution in [-0.2, 0) is 10.4 Å². The summed E-state index contributed by atoms with van der Waals surface area (Å²) in [6, 6.07) is 7.08. The van der Waals surface area contributed by atoms with Crippen LogP contribution in [0.1, 0.15) is 11.1 Å². The van der Waals surface area contributed by atoms with E-state index in [-0.39, 0.29) is 5.75 Å². The highest BCUT2D eigenvalue weighted by molar-refractivity contribution is 7.33. The third kappa shape index (κ3) is 1.05. The van der Waals surface area contributed by atoms with Crippen LogP contribution in [0.4, 0.5) is 0 Å². The molecule has 0 spiro atoms. The van der Waals surface area contributed by atoms with E-state index in [0.29, 0.717) is 39.2 Å². The first-order valence-corrected chi connectivity index (χ1v) is 9.20. The molecule has 3 aliphatic rings. The van der Waals surface area contributed by atoms with Gasteiger partial charge in [0.15, 0.2) is 11.3 Å². The van der Waals surface area contributed by atoms with Crippen LogP contribution in [0.5, 0.6) is 11.5 Å². The molecule has 2 aromatic heterocycles. The maximum absolute atomic E-state index is 12.9. The Kier molecular flexibility index (Phi) is 1.71. The van der Waals surface area contributed by atoms with Crippen molar-refractivity contribution >= 4 is 44.8 Å². The Bertz CT molecular complexity index is 1270. The molecule has 0 N–H and O–H groups in total. The van der Waals surface area contributed by atoms with Crippen molar-refractivity contribution < 1.29 is 35.4 Å². The van der Waals surface area contributed by atoms with Crippen LogP contribution < -0.4 is 13.8 Å². The second-order valence-electron chi connectivity index (χ2n) is 5.58. The third-order valence-electron chi connectivity index (χ3n) is 4.43. The number of hydrogen-bond donors (Lipinski definition) is 0. The summed E-state index contributed by atoms with van der Waals surface area (Å²) >= 11 is 0. The Hall–Kier alpha value is -2.53. The van der Waals surface area contributed by atoms with Gasteiger partial charge in [0, 0.05) is 5.56 Å². The monoisotopic (exact) mass is 362 g/mol. The third-order valence-corrected chi connectivity index (χ3v) is 6.52. The molecule has 4 aromatic rings. The summed E-state index contributed by atoms with van der Waals surface area (Å²) in [6.45, 7) is 0. The fourth-order valence-corrected chi connectivity index (χ4v) is 5.77. The molecule has 0 aliphatic carbocycles. The molecular weight excluding hydrogens is 358 g/mol. The number of hydrogen-bond acceptors (Lipinski definition) is 8. The molecule has 5 heterocycles. The van der Waals surface area contributed by atoms with Crippen LogP contribution in [0.25, 0.3) is 22.3 Å². The molecule has 7 bridgehead atoms. The Morgan fingerprint density at radius 1 is 0.875 bits per heavy atom. The van der Waals surface area contributed by atoms with Crippen molar-refractivity contribution in [2.75, 3.05) is 0 Å². The van der Waals surface area contributed by atoms with E-state index >= 15 is 0 Å². The highest BCUT2D eigenvalue weighted by Gasteiger charge is 2.62. The number of carbonyl (C=O) groups excluding carboxylic acids is 1. The molecule has 0 fully saturated rings. The first-order valence-electron chi connectivity index (χ1n) is 7.01. The van der Waals surface area contributed by atoms with Gasteiger partial charge >= 0.3 is 22.4 Å². The van der Waals surface area contributed by atoms with Gasteiger partial charge in [-0.25, -0.2) is 9.32 Å². The van der Waals surface area contributed by atoms with E-state index < -0.39 is 28.1 Å². The molecular formula is C14H4O8P2. The predicted molar refractivity (Wildman–Crippen MR) is 79.0 cm³/mol. The van der Waals surface area contributed by atoms with Crippen molar-refractivity contribution in [3.8, 4) is 11.5 Å². The SMILES string of the molecule is O=C1Oc2c3c4op5oc4c4op(oc24)Oc2ccccc2C13O5. The lowest BCUT2D eigenvalue weighted by molar-refractivity contribution is -0.143. The minimum absolute atomic E-state index is 0.249. The number of ether oxygens (including phenoxy) is 1. The average Bonchev–Trinajstić information content (AvgIpc) is 3.23. The van der Waals surface area contributed by atoms with Gasteiger partial charge in [0.2, 0.25) is 22.4 Å². The summed E-state index contributed by atoms with van der Waals surface area (Å²) in [5, 5.41) is 0. The van der Waals surface area contributed by atoms with Crippen LogP contribution in [0.15, 0.2) is 41.1 Å². The zero-order chi connectivity index (χ0) is 15.6. The number of esters is 1. The maximum Gasteiger partial charge on any atom is 0.453 e. The van der Waals surface area contributed by atoms with Gasteiger partial charge in [-0.2, -0.15) is 0 Å². The van der Waals surface area contributed by atoms with Crippen molar-refractivity contribution in [1.29, 1.82) is 0 Å². The molecule has 10 heteroatoms. The van der Waals surface area contributed by atoms with Crippen LogP contribution in [0.2, 0.25) is 0 Å². The fraction of sp³-hybridized carbons (Fsp3) is 0.0714. The highest BCUT2D eigenvalue weighted by Crippen LogP contribution is 2.63. The maximum atomic E-state index is 12.9. The second-order valence-corrected chi connectivity index (χ2v) is 7.57. The summed E-state index contributed by atoms with van der Waals surface area (Å²) in [5.41, 5.74) is 0.917. The van der Waals surface area contributed by atoms with Crippen molar-refractivity contribution in [3.05, 3.63) is 35.4 Å².